The van der Waals surface area contributed by atoms with Crippen LogP contribution < -0.4 is 5.32 Å². The molecule has 1 aliphatic carbocycles. The summed E-state index contributed by atoms with van der Waals surface area (Å²) in [7, 11) is 0. The lowest BCUT2D eigenvalue weighted by Crippen LogP contribution is -2.16. The average molecular weight is 378 g/mol. The maximum Gasteiger partial charge on any atom is 0.0463 e. The Morgan fingerprint density at radius 1 is 0.862 bits per heavy atom. The topological polar surface area (TPSA) is 12.0 Å². The van der Waals surface area contributed by atoms with Gasteiger partial charge in [-0.05, 0) is 53.0 Å². The van der Waals surface area contributed by atoms with Crippen molar-refractivity contribution in [3.8, 4) is 11.1 Å². The highest BCUT2D eigenvalue weighted by atomic mass is 14.9. The first kappa shape index (κ1) is 19.0. The summed E-state index contributed by atoms with van der Waals surface area (Å²) in [6.07, 6.45) is 6.31. The van der Waals surface area contributed by atoms with Crippen LogP contribution in [0.2, 0.25) is 0 Å². The van der Waals surface area contributed by atoms with Gasteiger partial charge in [0.25, 0.3) is 0 Å². The van der Waals surface area contributed by atoms with Crippen molar-refractivity contribution in [2.24, 2.45) is 0 Å². The fraction of sp³-hybridized carbons (Fsp3) is 0.143. The summed E-state index contributed by atoms with van der Waals surface area (Å²) in [5.41, 5.74) is 9.75. The number of anilines is 2. The van der Waals surface area contributed by atoms with Gasteiger partial charge in [-0.3, -0.25) is 0 Å². The molecule has 1 N–H and O–H groups in total. The van der Waals surface area contributed by atoms with Crippen molar-refractivity contribution in [3.63, 3.8) is 0 Å². The van der Waals surface area contributed by atoms with E-state index >= 15 is 0 Å². The van der Waals surface area contributed by atoms with E-state index in [4.69, 9.17) is 0 Å². The minimum absolute atomic E-state index is 0.0669. The standard InChI is InChI=1S/C28H27N/c1-5-12-23-24-18-17-21(19-26(24)28(3,4)25(23)6-2)29-27-16-11-10-15-22(27)20-13-8-7-9-14-20/h5-19,29H,2H2,1,3-4H3/b12-5-. The molecule has 0 atom stereocenters. The van der Waals surface area contributed by atoms with Gasteiger partial charge in [-0.1, -0.05) is 93.3 Å². The first-order valence-electron chi connectivity index (χ1n) is 10.1. The van der Waals surface area contributed by atoms with E-state index in [1.165, 1.54) is 33.4 Å². The third-order valence-corrected chi connectivity index (χ3v) is 5.77. The number of nitrogens with one attached hydrogen (secondary N) is 1. The Kier molecular flexibility index (Phi) is 4.98. The van der Waals surface area contributed by atoms with Crippen LogP contribution in [0.25, 0.3) is 16.7 Å². The smallest absolute Gasteiger partial charge is 0.0463 e. The number of benzene rings is 3. The highest BCUT2D eigenvalue weighted by Gasteiger charge is 2.35. The van der Waals surface area contributed by atoms with Gasteiger partial charge in [0.2, 0.25) is 0 Å². The first-order chi connectivity index (χ1) is 14.1. The molecule has 0 saturated carbocycles. The summed E-state index contributed by atoms with van der Waals surface area (Å²) in [4.78, 5) is 0. The molecule has 0 aromatic heterocycles. The summed E-state index contributed by atoms with van der Waals surface area (Å²) in [5, 5.41) is 3.66. The molecule has 0 heterocycles. The van der Waals surface area contributed by atoms with Crippen LogP contribution in [0.3, 0.4) is 0 Å². The molecule has 1 aliphatic rings. The maximum absolute atomic E-state index is 4.08. The van der Waals surface area contributed by atoms with Crippen molar-refractivity contribution < 1.29 is 0 Å². The van der Waals surface area contributed by atoms with E-state index in [1.54, 1.807) is 0 Å². The average Bonchev–Trinajstić information content (AvgIpc) is 2.95. The van der Waals surface area contributed by atoms with E-state index < -0.39 is 0 Å². The number of fused-ring (bicyclic) bond motifs is 1. The van der Waals surface area contributed by atoms with Gasteiger partial charge in [-0.15, -0.1) is 0 Å². The molecule has 0 amide bonds. The zero-order chi connectivity index (χ0) is 20.4. The molecular formula is C28H27N. The van der Waals surface area contributed by atoms with Crippen LogP contribution in [0, 0.1) is 0 Å². The molecule has 4 rings (SSSR count). The van der Waals surface area contributed by atoms with Gasteiger partial charge in [0.1, 0.15) is 0 Å². The molecule has 0 spiro atoms. The van der Waals surface area contributed by atoms with Crippen LogP contribution in [-0.4, -0.2) is 0 Å². The Bertz CT molecular complexity index is 1110. The maximum atomic E-state index is 4.08. The molecule has 1 heteroatoms. The predicted octanol–water partition coefficient (Wildman–Crippen LogP) is 7.90. The lowest BCUT2D eigenvalue weighted by molar-refractivity contribution is 0.655. The Morgan fingerprint density at radius 2 is 1.59 bits per heavy atom. The second kappa shape index (κ2) is 7.60. The largest absolute Gasteiger partial charge is 0.355 e. The van der Waals surface area contributed by atoms with Gasteiger partial charge in [-0.25, -0.2) is 0 Å². The summed E-state index contributed by atoms with van der Waals surface area (Å²) >= 11 is 0. The third kappa shape index (κ3) is 3.34. The van der Waals surface area contributed by atoms with Crippen molar-refractivity contribution in [1.82, 2.24) is 0 Å². The normalized spacial score (nSPS) is 14.9. The molecule has 1 nitrogen and oxygen atoms in total. The predicted molar refractivity (Wildman–Crippen MR) is 127 cm³/mol. The zero-order valence-corrected chi connectivity index (χ0v) is 17.4. The fourth-order valence-corrected chi connectivity index (χ4v) is 4.33. The van der Waals surface area contributed by atoms with Gasteiger partial charge in [0.05, 0.1) is 0 Å². The second-order valence-electron chi connectivity index (χ2n) is 7.95. The van der Waals surface area contributed by atoms with E-state index in [2.05, 4.69) is 118 Å². The van der Waals surface area contributed by atoms with Gasteiger partial charge >= 0.3 is 0 Å². The summed E-state index contributed by atoms with van der Waals surface area (Å²) in [6, 6.07) is 25.7. The number of hydrogen-bond donors (Lipinski definition) is 1. The van der Waals surface area contributed by atoms with Gasteiger partial charge in [0, 0.05) is 22.4 Å². The second-order valence-corrected chi connectivity index (χ2v) is 7.95. The number of rotatable bonds is 5. The molecule has 0 fully saturated rings. The van der Waals surface area contributed by atoms with E-state index in [9.17, 15) is 0 Å². The van der Waals surface area contributed by atoms with Crippen LogP contribution in [0.1, 0.15) is 31.9 Å². The fourth-order valence-electron chi connectivity index (χ4n) is 4.33. The molecule has 144 valence electrons. The van der Waals surface area contributed by atoms with Crippen LogP contribution >= 0.6 is 0 Å². The molecule has 29 heavy (non-hydrogen) atoms. The van der Waals surface area contributed by atoms with Crippen LogP contribution in [-0.2, 0) is 5.41 Å². The molecule has 0 bridgehead atoms. The van der Waals surface area contributed by atoms with E-state index in [1.807, 2.05) is 6.08 Å². The minimum Gasteiger partial charge on any atom is -0.355 e. The van der Waals surface area contributed by atoms with Crippen molar-refractivity contribution >= 4 is 16.9 Å². The lowest BCUT2D eigenvalue weighted by Gasteiger charge is -2.23. The van der Waals surface area contributed by atoms with Crippen molar-refractivity contribution in [2.75, 3.05) is 5.32 Å². The third-order valence-electron chi connectivity index (χ3n) is 5.77. The molecule has 0 radical (unpaired) electrons. The monoisotopic (exact) mass is 377 g/mol. The van der Waals surface area contributed by atoms with Crippen molar-refractivity contribution in [2.45, 2.75) is 26.2 Å². The number of hydrogen-bond acceptors (Lipinski definition) is 1. The molecule has 3 aromatic carbocycles. The molecule has 3 aromatic rings. The number of para-hydroxylation sites is 1. The number of allylic oxidation sites excluding steroid dienone is 5. The van der Waals surface area contributed by atoms with Crippen LogP contribution in [0.4, 0.5) is 11.4 Å². The Labute approximate surface area is 174 Å². The Balaban J connectivity index is 1.75. The van der Waals surface area contributed by atoms with Crippen LogP contribution in [0.5, 0.6) is 0 Å². The highest BCUT2D eigenvalue weighted by Crippen LogP contribution is 2.48. The first-order valence-corrected chi connectivity index (χ1v) is 10.1. The molecule has 0 aliphatic heterocycles. The molecular weight excluding hydrogens is 350 g/mol. The summed E-state index contributed by atoms with van der Waals surface area (Å²) < 4.78 is 0. The van der Waals surface area contributed by atoms with E-state index in [0.717, 1.165) is 11.4 Å². The van der Waals surface area contributed by atoms with Gasteiger partial charge in [0.15, 0.2) is 0 Å². The molecule has 0 saturated heterocycles. The van der Waals surface area contributed by atoms with Gasteiger partial charge < -0.3 is 5.32 Å². The SMILES string of the molecule is C=CC1=C(/C=C\C)c2ccc(Nc3ccccc3-c3ccccc3)cc2C1(C)C. The van der Waals surface area contributed by atoms with Gasteiger partial charge in [-0.2, -0.15) is 0 Å². The Morgan fingerprint density at radius 3 is 2.31 bits per heavy atom. The van der Waals surface area contributed by atoms with E-state index in [-0.39, 0.29) is 5.41 Å². The molecule has 0 unspecified atom stereocenters. The Hall–Kier alpha value is -3.32. The minimum atomic E-state index is -0.0669. The van der Waals surface area contributed by atoms with Crippen molar-refractivity contribution in [3.05, 3.63) is 114 Å². The summed E-state index contributed by atoms with van der Waals surface area (Å²) in [5.74, 6) is 0. The quantitative estimate of drug-likeness (QED) is 0.476. The zero-order valence-electron chi connectivity index (χ0n) is 17.4. The summed E-state index contributed by atoms with van der Waals surface area (Å²) in [6.45, 7) is 10.7. The highest BCUT2D eigenvalue weighted by molar-refractivity contribution is 5.89. The van der Waals surface area contributed by atoms with Crippen molar-refractivity contribution in [1.29, 1.82) is 0 Å². The lowest BCUT2D eigenvalue weighted by atomic mass is 9.81. The van der Waals surface area contributed by atoms with E-state index in [0.29, 0.717) is 0 Å². The van der Waals surface area contributed by atoms with Crippen LogP contribution in [0.15, 0.2) is 103 Å².